The topological polar surface area (TPSA) is 37.8 Å². The molecule has 1 N–H and O–H groups in total. The molecule has 0 saturated heterocycles. The Morgan fingerprint density at radius 2 is 2.00 bits per heavy atom. The summed E-state index contributed by atoms with van der Waals surface area (Å²) in [6.07, 6.45) is 1.14. The van der Waals surface area contributed by atoms with Crippen molar-refractivity contribution >= 4 is 21.7 Å². The van der Waals surface area contributed by atoms with Crippen LogP contribution in [0.1, 0.15) is 52.8 Å². The molecule has 4 heteroatoms. The largest absolute Gasteiger partial charge is 0.369 e. The molecule has 0 fully saturated rings. The van der Waals surface area contributed by atoms with Gasteiger partial charge in [-0.2, -0.15) is 0 Å². The van der Waals surface area contributed by atoms with E-state index in [0.717, 1.165) is 29.2 Å². The van der Waals surface area contributed by atoms with Crippen LogP contribution in [-0.2, 0) is 0 Å². The number of nitrogens with zero attached hydrogens (tertiary/aromatic N) is 2. The Bertz CT molecular complexity index is 375. The monoisotopic (exact) mass is 299 g/mol. The van der Waals surface area contributed by atoms with Crippen molar-refractivity contribution in [2.24, 2.45) is 5.41 Å². The van der Waals surface area contributed by atoms with E-state index in [1.54, 1.807) is 0 Å². The van der Waals surface area contributed by atoms with E-state index in [1.807, 2.05) is 6.07 Å². The summed E-state index contributed by atoms with van der Waals surface area (Å²) in [6, 6.07) is 1.93. The molecule has 96 valence electrons. The fourth-order valence-corrected chi connectivity index (χ4v) is 1.64. The van der Waals surface area contributed by atoms with Crippen molar-refractivity contribution < 1.29 is 0 Å². The van der Waals surface area contributed by atoms with Gasteiger partial charge in [-0.15, -0.1) is 0 Å². The zero-order chi connectivity index (χ0) is 13.1. The highest BCUT2D eigenvalue weighted by atomic mass is 79.9. The molecular formula is C13H22BrN3. The maximum atomic E-state index is 4.52. The smallest absolute Gasteiger partial charge is 0.134 e. The lowest BCUT2D eigenvalue weighted by molar-refractivity contribution is 0.376. The van der Waals surface area contributed by atoms with Gasteiger partial charge in [0.1, 0.15) is 16.2 Å². The number of halogens is 1. The molecule has 1 heterocycles. The van der Waals surface area contributed by atoms with E-state index in [4.69, 9.17) is 0 Å². The number of hydrogen-bond donors (Lipinski definition) is 1. The molecule has 0 aliphatic rings. The normalized spacial score (nSPS) is 11.9. The van der Waals surface area contributed by atoms with Gasteiger partial charge < -0.3 is 5.32 Å². The minimum atomic E-state index is 0.287. The Morgan fingerprint density at radius 3 is 2.53 bits per heavy atom. The van der Waals surface area contributed by atoms with Gasteiger partial charge in [0.05, 0.1) is 0 Å². The Hall–Kier alpha value is -0.640. The Balaban J connectivity index is 2.78. The number of aromatic nitrogens is 2. The lowest BCUT2D eigenvalue weighted by Gasteiger charge is -2.23. The third-order valence-electron chi connectivity index (χ3n) is 2.93. The van der Waals surface area contributed by atoms with Gasteiger partial charge in [-0.05, 0) is 27.8 Å². The van der Waals surface area contributed by atoms with Crippen molar-refractivity contribution in [1.29, 1.82) is 0 Å². The van der Waals surface area contributed by atoms with Crippen molar-refractivity contribution in [2.75, 3.05) is 11.9 Å². The molecule has 1 aromatic rings. The minimum absolute atomic E-state index is 0.287. The van der Waals surface area contributed by atoms with Gasteiger partial charge in [0, 0.05) is 18.5 Å². The molecule has 0 amide bonds. The van der Waals surface area contributed by atoms with Crippen LogP contribution in [-0.4, -0.2) is 16.5 Å². The van der Waals surface area contributed by atoms with Crippen molar-refractivity contribution in [1.82, 2.24) is 9.97 Å². The highest BCUT2D eigenvalue weighted by molar-refractivity contribution is 9.10. The van der Waals surface area contributed by atoms with Gasteiger partial charge >= 0.3 is 0 Å². The highest BCUT2D eigenvalue weighted by Crippen LogP contribution is 2.22. The van der Waals surface area contributed by atoms with Crippen molar-refractivity contribution in [2.45, 2.75) is 47.0 Å². The summed E-state index contributed by atoms with van der Waals surface area (Å²) in [6.45, 7) is 11.8. The van der Waals surface area contributed by atoms with E-state index < -0.39 is 0 Å². The summed E-state index contributed by atoms with van der Waals surface area (Å²) in [5.41, 5.74) is 0.287. The van der Waals surface area contributed by atoms with Crippen LogP contribution in [0.3, 0.4) is 0 Å². The first-order valence-electron chi connectivity index (χ1n) is 6.12. The first-order valence-corrected chi connectivity index (χ1v) is 6.91. The Labute approximate surface area is 113 Å². The van der Waals surface area contributed by atoms with Crippen LogP contribution >= 0.6 is 15.9 Å². The second-order valence-electron chi connectivity index (χ2n) is 5.46. The molecule has 1 aromatic heterocycles. The van der Waals surface area contributed by atoms with E-state index in [9.17, 15) is 0 Å². The average molecular weight is 300 g/mol. The average Bonchev–Trinajstić information content (AvgIpc) is 2.26. The molecule has 0 atom stereocenters. The van der Waals surface area contributed by atoms with Crippen molar-refractivity contribution in [3.05, 3.63) is 16.5 Å². The van der Waals surface area contributed by atoms with Crippen LogP contribution < -0.4 is 5.32 Å². The zero-order valence-electron chi connectivity index (χ0n) is 11.3. The summed E-state index contributed by atoms with van der Waals surface area (Å²) in [7, 11) is 0. The summed E-state index contributed by atoms with van der Waals surface area (Å²) >= 11 is 3.43. The number of anilines is 1. The van der Waals surface area contributed by atoms with Crippen LogP contribution in [0.5, 0.6) is 0 Å². The maximum absolute atomic E-state index is 4.52. The quantitative estimate of drug-likeness (QED) is 0.828. The summed E-state index contributed by atoms with van der Waals surface area (Å²) in [4.78, 5) is 8.88. The predicted molar refractivity (Wildman–Crippen MR) is 76.4 cm³/mol. The van der Waals surface area contributed by atoms with Gasteiger partial charge in [-0.3, -0.25) is 0 Å². The fraction of sp³-hybridized carbons (Fsp3) is 0.692. The van der Waals surface area contributed by atoms with Crippen molar-refractivity contribution in [3.63, 3.8) is 0 Å². The van der Waals surface area contributed by atoms with Crippen LogP contribution in [0.2, 0.25) is 0 Å². The molecule has 0 unspecified atom stereocenters. The molecule has 0 saturated carbocycles. The van der Waals surface area contributed by atoms with Gasteiger partial charge in [0.2, 0.25) is 0 Å². The van der Waals surface area contributed by atoms with E-state index in [1.165, 1.54) is 0 Å². The summed E-state index contributed by atoms with van der Waals surface area (Å²) < 4.78 is 0.841. The highest BCUT2D eigenvalue weighted by Gasteiger charge is 2.15. The summed E-state index contributed by atoms with van der Waals surface area (Å²) in [5, 5.41) is 3.39. The van der Waals surface area contributed by atoms with Crippen LogP contribution in [0.4, 0.5) is 5.82 Å². The number of rotatable bonds is 5. The lowest BCUT2D eigenvalue weighted by Crippen LogP contribution is -2.22. The van der Waals surface area contributed by atoms with E-state index >= 15 is 0 Å². The molecule has 1 rings (SSSR count). The van der Waals surface area contributed by atoms with E-state index in [2.05, 4.69) is 65.8 Å². The number of hydrogen-bond acceptors (Lipinski definition) is 3. The SMILES string of the molecule is CCC(C)(C)CNc1cc(Br)nc(C(C)C)n1. The molecule has 0 spiro atoms. The van der Waals surface area contributed by atoms with Crippen LogP contribution in [0.15, 0.2) is 10.7 Å². The third-order valence-corrected chi connectivity index (χ3v) is 3.34. The van der Waals surface area contributed by atoms with Gasteiger partial charge in [0.15, 0.2) is 0 Å². The Kier molecular flexibility index (Phi) is 4.92. The van der Waals surface area contributed by atoms with Gasteiger partial charge in [-0.25, -0.2) is 9.97 Å². The molecular weight excluding hydrogens is 278 g/mol. The van der Waals surface area contributed by atoms with Crippen LogP contribution in [0.25, 0.3) is 0 Å². The zero-order valence-corrected chi connectivity index (χ0v) is 12.9. The van der Waals surface area contributed by atoms with E-state index in [0.29, 0.717) is 5.92 Å². The van der Waals surface area contributed by atoms with Crippen LogP contribution in [0, 0.1) is 5.41 Å². The van der Waals surface area contributed by atoms with Crippen molar-refractivity contribution in [3.8, 4) is 0 Å². The first kappa shape index (κ1) is 14.4. The number of nitrogens with one attached hydrogen (secondary N) is 1. The van der Waals surface area contributed by atoms with Gasteiger partial charge in [0.25, 0.3) is 0 Å². The molecule has 0 radical (unpaired) electrons. The maximum Gasteiger partial charge on any atom is 0.134 e. The first-order chi connectivity index (χ1) is 7.84. The molecule has 0 aliphatic carbocycles. The molecule has 17 heavy (non-hydrogen) atoms. The Morgan fingerprint density at radius 1 is 1.35 bits per heavy atom. The summed E-state index contributed by atoms with van der Waals surface area (Å²) in [5.74, 6) is 2.11. The lowest BCUT2D eigenvalue weighted by atomic mass is 9.90. The molecule has 0 bridgehead atoms. The standard InChI is InChI=1S/C13H22BrN3/c1-6-13(4,5)8-15-11-7-10(14)16-12(17-11)9(2)3/h7,9H,6,8H2,1-5H3,(H,15,16,17). The van der Waals surface area contributed by atoms with E-state index in [-0.39, 0.29) is 5.41 Å². The predicted octanol–water partition coefficient (Wildman–Crippen LogP) is 4.21. The molecule has 3 nitrogen and oxygen atoms in total. The molecule has 0 aliphatic heterocycles. The second-order valence-corrected chi connectivity index (χ2v) is 6.27. The third kappa shape index (κ3) is 4.62. The fourth-order valence-electron chi connectivity index (χ4n) is 1.24. The van der Waals surface area contributed by atoms with Gasteiger partial charge in [-0.1, -0.05) is 34.6 Å². The molecule has 0 aromatic carbocycles. The minimum Gasteiger partial charge on any atom is -0.369 e. The second kappa shape index (κ2) is 5.80.